The number of carbonyl (C=O) groups excluding carboxylic acids is 1. The lowest BCUT2D eigenvalue weighted by atomic mass is 10.1. The summed E-state index contributed by atoms with van der Waals surface area (Å²) in [5, 5.41) is 0.421. The van der Waals surface area contributed by atoms with Crippen LogP contribution in [0.3, 0.4) is 0 Å². The minimum absolute atomic E-state index is 0.117. The van der Waals surface area contributed by atoms with Gasteiger partial charge < -0.3 is 4.90 Å². The van der Waals surface area contributed by atoms with E-state index >= 15 is 0 Å². The molecule has 2 heterocycles. The van der Waals surface area contributed by atoms with Gasteiger partial charge in [-0.05, 0) is 19.1 Å². The Hall–Kier alpha value is -1.35. The van der Waals surface area contributed by atoms with Gasteiger partial charge >= 0.3 is 0 Å². The smallest absolute Gasteiger partial charge is 0.227 e. The maximum absolute atomic E-state index is 11.8. The lowest BCUT2D eigenvalue weighted by Gasteiger charge is -2.16. The van der Waals surface area contributed by atoms with Crippen LogP contribution in [0.25, 0.3) is 0 Å². The molecule has 3 nitrogen and oxygen atoms in total. The van der Waals surface area contributed by atoms with Gasteiger partial charge in [0.2, 0.25) is 5.91 Å². The van der Waals surface area contributed by atoms with Gasteiger partial charge in [0, 0.05) is 30.3 Å². The van der Waals surface area contributed by atoms with Gasteiger partial charge in [-0.25, -0.2) is 4.98 Å². The molecule has 84 valence electrons. The predicted molar refractivity (Wildman–Crippen MR) is 64.6 cm³/mol. The molecule has 1 aromatic heterocycles. The highest BCUT2D eigenvalue weighted by Crippen LogP contribution is 2.27. The van der Waals surface area contributed by atoms with Crippen LogP contribution < -0.4 is 4.90 Å². The molecule has 0 spiro atoms. The lowest BCUT2D eigenvalue weighted by Crippen LogP contribution is -2.24. The Labute approximate surface area is 99.7 Å². The van der Waals surface area contributed by atoms with E-state index in [0.717, 1.165) is 11.4 Å². The highest BCUT2D eigenvalue weighted by molar-refractivity contribution is 6.29. The average molecular weight is 237 g/mol. The number of rotatable bonds is 2. The maximum atomic E-state index is 11.8. The predicted octanol–water partition coefficient (Wildman–Crippen LogP) is 2.58. The number of nitrogens with zero attached hydrogens (tertiary/aromatic N) is 2. The molecule has 1 fully saturated rings. The van der Waals surface area contributed by atoms with Crippen molar-refractivity contribution < 1.29 is 4.79 Å². The van der Waals surface area contributed by atoms with E-state index in [1.165, 1.54) is 0 Å². The topological polar surface area (TPSA) is 33.2 Å². The van der Waals surface area contributed by atoms with E-state index in [2.05, 4.69) is 11.6 Å². The second kappa shape index (κ2) is 4.26. The van der Waals surface area contributed by atoms with E-state index in [-0.39, 0.29) is 11.8 Å². The van der Waals surface area contributed by atoms with Crippen LogP contribution in [0.1, 0.15) is 12.1 Å². The Morgan fingerprint density at radius 1 is 1.62 bits per heavy atom. The first kappa shape index (κ1) is 11.1. The van der Waals surface area contributed by atoms with Crippen molar-refractivity contribution in [2.45, 2.75) is 13.3 Å². The second-order valence-corrected chi connectivity index (χ2v) is 4.38. The maximum Gasteiger partial charge on any atom is 0.227 e. The van der Waals surface area contributed by atoms with Crippen molar-refractivity contribution in [2.24, 2.45) is 5.92 Å². The number of carbonyl (C=O) groups is 1. The van der Waals surface area contributed by atoms with Crippen LogP contribution in [0, 0.1) is 12.8 Å². The number of aryl methyl sites for hydroxylation is 1. The normalized spacial score (nSPS) is 20.2. The Bertz CT molecular complexity index is 424. The Kier molecular flexibility index (Phi) is 2.97. The summed E-state index contributed by atoms with van der Waals surface area (Å²) >= 11 is 5.88. The zero-order valence-corrected chi connectivity index (χ0v) is 9.87. The van der Waals surface area contributed by atoms with Crippen molar-refractivity contribution in [1.29, 1.82) is 0 Å². The molecule has 0 aromatic carbocycles. The zero-order valence-electron chi connectivity index (χ0n) is 9.11. The summed E-state index contributed by atoms with van der Waals surface area (Å²) in [7, 11) is 0. The number of aromatic nitrogens is 1. The number of amides is 1. The summed E-state index contributed by atoms with van der Waals surface area (Å²) < 4.78 is 0. The average Bonchev–Trinajstić information content (AvgIpc) is 2.58. The summed E-state index contributed by atoms with van der Waals surface area (Å²) in [6.07, 6.45) is 2.36. The standard InChI is InChI=1S/C12H13ClN2O/c1-3-9-5-12(16)15(7-9)10-4-8(2)14-11(13)6-10/h3-4,6,9H,1,5,7H2,2H3. The summed E-state index contributed by atoms with van der Waals surface area (Å²) in [5.74, 6) is 0.353. The van der Waals surface area contributed by atoms with Crippen LogP contribution in [-0.4, -0.2) is 17.4 Å². The van der Waals surface area contributed by atoms with Crippen molar-refractivity contribution in [3.05, 3.63) is 35.6 Å². The molecule has 1 amide bonds. The van der Waals surface area contributed by atoms with Gasteiger partial charge in [-0.15, -0.1) is 6.58 Å². The van der Waals surface area contributed by atoms with Crippen LogP contribution >= 0.6 is 11.6 Å². The van der Waals surface area contributed by atoms with Gasteiger partial charge in [0.15, 0.2) is 0 Å². The molecule has 2 rings (SSSR count). The van der Waals surface area contributed by atoms with Gasteiger partial charge in [0.05, 0.1) is 0 Å². The lowest BCUT2D eigenvalue weighted by molar-refractivity contribution is -0.117. The molecule has 0 radical (unpaired) electrons. The fourth-order valence-corrected chi connectivity index (χ4v) is 2.15. The van der Waals surface area contributed by atoms with Crippen molar-refractivity contribution in [2.75, 3.05) is 11.4 Å². The molecule has 1 unspecified atom stereocenters. The van der Waals surface area contributed by atoms with Gasteiger partial charge in [-0.1, -0.05) is 17.7 Å². The first-order valence-corrected chi connectivity index (χ1v) is 5.55. The summed E-state index contributed by atoms with van der Waals surface area (Å²) in [4.78, 5) is 17.6. The number of hydrogen-bond acceptors (Lipinski definition) is 2. The van der Waals surface area contributed by atoms with E-state index in [0.29, 0.717) is 18.1 Å². The molecule has 0 N–H and O–H groups in total. The first-order valence-electron chi connectivity index (χ1n) is 5.17. The van der Waals surface area contributed by atoms with Crippen molar-refractivity contribution in [3.8, 4) is 0 Å². The summed E-state index contributed by atoms with van der Waals surface area (Å²) in [6, 6.07) is 3.59. The van der Waals surface area contributed by atoms with Crippen LogP contribution in [0.2, 0.25) is 5.15 Å². The zero-order chi connectivity index (χ0) is 11.7. The fraction of sp³-hybridized carbons (Fsp3) is 0.333. The van der Waals surface area contributed by atoms with Gasteiger partial charge in [0.25, 0.3) is 0 Å². The summed E-state index contributed by atoms with van der Waals surface area (Å²) in [5.41, 5.74) is 1.64. The Morgan fingerprint density at radius 3 is 2.94 bits per heavy atom. The van der Waals surface area contributed by atoms with Crippen molar-refractivity contribution in [3.63, 3.8) is 0 Å². The highest BCUT2D eigenvalue weighted by atomic mass is 35.5. The molecule has 4 heteroatoms. The van der Waals surface area contributed by atoms with E-state index < -0.39 is 0 Å². The van der Waals surface area contributed by atoms with Crippen LogP contribution in [0.15, 0.2) is 24.8 Å². The number of halogens is 1. The second-order valence-electron chi connectivity index (χ2n) is 3.99. The van der Waals surface area contributed by atoms with E-state index in [4.69, 9.17) is 11.6 Å². The van der Waals surface area contributed by atoms with Gasteiger partial charge in [-0.3, -0.25) is 4.79 Å². The first-order chi connectivity index (χ1) is 7.60. The third kappa shape index (κ3) is 2.09. The molecule has 0 bridgehead atoms. The summed E-state index contributed by atoms with van der Waals surface area (Å²) in [6.45, 7) is 6.27. The molecule has 16 heavy (non-hydrogen) atoms. The van der Waals surface area contributed by atoms with E-state index in [9.17, 15) is 4.79 Å². The van der Waals surface area contributed by atoms with Gasteiger partial charge in [-0.2, -0.15) is 0 Å². The minimum Gasteiger partial charge on any atom is -0.312 e. The van der Waals surface area contributed by atoms with Crippen LogP contribution in [0.5, 0.6) is 0 Å². The van der Waals surface area contributed by atoms with Crippen molar-refractivity contribution >= 4 is 23.2 Å². The minimum atomic E-state index is 0.117. The third-order valence-corrected chi connectivity index (χ3v) is 2.90. The quantitative estimate of drug-likeness (QED) is 0.584. The van der Waals surface area contributed by atoms with Gasteiger partial charge in [0.1, 0.15) is 5.15 Å². The van der Waals surface area contributed by atoms with Crippen LogP contribution in [0.4, 0.5) is 5.69 Å². The monoisotopic (exact) mass is 236 g/mol. The Morgan fingerprint density at radius 2 is 2.38 bits per heavy atom. The molecule has 1 aliphatic heterocycles. The molecule has 0 aliphatic carbocycles. The third-order valence-electron chi connectivity index (χ3n) is 2.71. The molecular formula is C12H13ClN2O. The molecule has 1 aliphatic rings. The number of hydrogen-bond donors (Lipinski definition) is 0. The molecule has 1 atom stereocenters. The SMILES string of the molecule is C=CC1CC(=O)N(c2cc(C)nc(Cl)c2)C1. The molecular weight excluding hydrogens is 224 g/mol. The van der Waals surface area contributed by atoms with E-state index in [1.54, 1.807) is 11.0 Å². The highest BCUT2D eigenvalue weighted by Gasteiger charge is 2.28. The molecule has 1 saturated heterocycles. The van der Waals surface area contributed by atoms with Crippen LogP contribution in [-0.2, 0) is 4.79 Å². The molecule has 0 saturated carbocycles. The number of anilines is 1. The van der Waals surface area contributed by atoms with E-state index in [1.807, 2.05) is 19.1 Å². The fourth-order valence-electron chi connectivity index (χ4n) is 1.91. The Balaban J connectivity index is 2.30. The number of pyridine rings is 1. The molecule has 1 aromatic rings. The largest absolute Gasteiger partial charge is 0.312 e. The van der Waals surface area contributed by atoms with Crippen molar-refractivity contribution in [1.82, 2.24) is 4.98 Å².